The molecule has 0 fully saturated rings. The summed E-state index contributed by atoms with van der Waals surface area (Å²) in [6, 6.07) is 5.53. The molecule has 2 rings (SSSR count). The van der Waals surface area contributed by atoms with Crippen molar-refractivity contribution < 1.29 is 19.4 Å². The molecule has 1 aromatic carbocycles. The Labute approximate surface area is 125 Å². The molecule has 2 N–H and O–H groups in total. The number of carbonyl (C=O) groups excluding carboxylic acids is 1. The van der Waals surface area contributed by atoms with Crippen LogP contribution >= 0.6 is 0 Å². The highest BCUT2D eigenvalue weighted by atomic mass is 16.5. The highest BCUT2D eigenvalue weighted by molar-refractivity contribution is 5.97. The first-order valence-electron chi connectivity index (χ1n) is 6.48. The van der Waals surface area contributed by atoms with Crippen LogP contribution in [-0.2, 0) is 9.53 Å². The minimum absolute atomic E-state index is 0.185. The number of carboxylic acids is 1. The summed E-state index contributed by atoms with van der Waals surface area (Å²) in [7, 11) is 1.47. The first kappa shape index (κ1) is 15.6. The minimum Gasteiger partial charge on any atom is -0.480 e. The van der Waals surface area contributed by atoms with E-state index in [1.54, 1.807) is 24.3 Å². The molecule has 0 bridgehead atoms. The average molecular weight is 305 g/mol. The molecule has 1 aromatic heterocycles. The van der Waals surface area contributed by atoms with Crippen LogP contribution in [0.5, 0.6) is 0 Å². The van der Waals surface area contributed by atoms with Crippen LogP contribution in [0.4, 0.5) is 0 Å². The summed E-state index contributed by atoms with van der Waals surface area (Å²) < 4.78 is 6.24. The first-order valence-corrected chi connectivity index (χ1v) is 6.48. The van der Waals surface area contributed by atoms with Gasteiger partial charge in [-0.1, -0.05) is 6.07 Å². The molecule has 9 nitrogen and oxygen atoms in total. The summed E-state index contributed by atoms with van der Waals surface area (Å²) in [6.07, 6.45) is 1.58. The van der Waals surface area contributed by atoms with E-state index in [4.69, 9.17) is 9.84 Å². The molecule has 116 valence electrons. The quantitative estimate of drug-likeness (QED) is 0.732. The average Bonchev–Trinajstić information content (AvgIpc) is 3.05. The lowest BCUT2D eigenvalue weighted by atomic mass is 10.1. The van der Waals surface area contributed by atoms with Crippen molar-refractivity contribution in [3.8, 4) is 5.69 Å². The number of rotatable bonds is 7. The lowest BCUT2D eigenvalue weighted by Gasteiger charge is -2.14. The number of hydrogen-bond donors (Lipinski definition) is 2. The molecular weight excluding hydrogens is 290 g/mol. The van der Waals surface area contributed by atoms with Gasteiger partial charge >= 0.3 is 5.97 Å². The third-order valence-electron chi connectivity index (χ3n) is 2.94. The van der Waals surface area contributed by atoms with Gasteiger partial charge < -0.3 is 15.2 Å². The summed E-state index contributed by atoms with van der Waals surface area (Å²) in [5, 5.41) is 22.3. The molecule has 0 saturated carbocycles. The van der Waals surface area contributed by atoms with Crippen LogP contribution in [0.3, 0.4) is 0 Å². The molecule has 1 unspecified atom stereocenters. The topological polar surface area (TPSA) is 119 Å². The van der Waals surface area contributed by atoms with Crippen LogP contribution in [0.15, 0.2) is 30.6 Å². The van der Waals surface area contributed by atoms with E-state index in [2.05, 4.69) is 20.8 Å². The van der Waals surface area contributed by atoms with E-state index in [1.807, 2.05) is 0 Å². The Kier molecular flexibility index (Phi) is 5.15. The number of nitrogens with zero attached hydrogens (tertiary/aromatic N) is 4. The van der Waals surface area contributed by atoms with E-state index in [0.717, 1.165) is 0 Å². The SMILES string of the molecule is COCCC(NC(=O)c1cccc(-n2cnnn2)c1)C(=O)O. The highest BCUT2D eigenvalue weighted by Gasteiger charge is 2.20. The zero-order chi connectivity index (χ0) is 15.9. The van der Waals surface area contributed by atoms with Crippen LogP contribution < -0.4 is 5.32 Å². The van der Waals surface area contributed by atoms with E-state index >= 15 is 0 Å². The number of carbonyl (C=O) groups is 2. The summed E-state index contributed by atoms with van der Waals surface area (Å²) in [5.41, 5.74) is 0.915. The predicted molar refractivity (Wildman–Crippen MR) is 74.5 cm³/mol. The van der Waals surface area contributed by atoms with E-state index in [-0.39, 0.29) is 13.0 Å². The normalized spacial score (nSPS) is 11.9. The standard InChI is InChI=1S/C13H15N5O4/c1-22-6-5-11(13(20)21)15-12(19)9-3-2-4-10(7-9)18-8-14-16-17-18/h2-4,7-8,11H,5-6H2,1H3,(H,15,19)(H,20,21). The van der Waals surface area contributed by atoms with Gasteiger partial charge in [0.05, 0.1) is 5.69 Å². The monoisotopic (exact) mass is 305 g/mol. The Hall–Kier alpha value is -2.81. The molecule has 1 amide bonds. The van der Waals surface area contributed by atoms with Crippen LogP contribution in [0.25, 0.3) is 5.69 Å². The van der Waals surface area contributed by atoms with E-state index < -0.39 is 17.9 Å². The fourth-order valence-electron chi connectivity index (χ4n) is 1.80. The number of tetrazole rings is 1. The molecule has 0 saturated heterocycles. The van der Waals surface area contributed by atoms with Crippen LogP contribution in [-0.4, -0.2) is 56.9 Å². The van der Waals surface area contributed by atoms with Crippen molar-refractivity contribution in [2.45, 2.75) is 12.5 Å². The van der Waals surface area contributed by atoms with Crippen molar-refractivity contribution in [3.63, 3.8) is 0 Å². The van der Waals surface area contributed by atoms with Crippen molar-refractivity contribution in [1.82, 2.24) is 25.5 Å². The number of amides is 1. The van der Waals surface area contributed by atoms with E-state index in [1.165, 1.54) is 18.1 Å². The number of aromatic nitrogens is 4. The molecule has 2 aromatic rings. The maximum absolute atomic E-state index is 12.2. The number of methoxy groups -OCH3 is 1. The first-order chi connectivity index (χ1) is 10.6. The van der Waals surface area contributed by atoms with Gasteiger partial charge in [-0.15, -0.1) is 5.10 Å². The maximum atomic E-state index is 12.2. The molecular formula is C13H15N5O4. The summed E-state index contributed by atoms with van der Waals surface area (Å²) >= 11 is 0. The summed E-state index contributed by atoms with van der Waals surface area (Å²) in [6.45, 7) is 0.238. The number of benzene rings is 1. The van der Waals surface area contributed by atoms with Crippen molar-refractivity contribution in [2.24, 2.45) is 0 Å². The molecule has 1 heterocycles. The minimum atomic E-state index is -1.11. The Morgan fingerprint density at radius 3 is 2.91 bits per heavy atom. The Morgan fingerprint density at radius 2 is 2.27 bits per heavy atom. The maximum Gasteiger partial charge on any atom is 0.326 e. The Bertz CT molecular complexity index is 644. The second kappa shape index (κ2) is 7.27. The van der Waals surface area contributed by atoms with Gasteiger partial charge in [0, 0.05) is 25.7 Å². The Morgan fingerprint density at radius 1 is 1.45 bits per heavy atom. The van der Waals surface area contributed by atoms with E-state index in [0.29, 0.717) is 11.3 Å². The van der Waals surface area contributed by atoms with Gasteiger partial charge in [0.2, 0.25) is 0 Å². The van der Waals surface area contributed by atoms with Gasteiger partial charge in [0.25, 0.3) is 5.91 Å². The molecule has 0 radical (unpaired) electrons. The van der Waals surface area contributed by atoms with Gasteiger partial charge in [-0.3, -0.25) is 4.79 Å². The molecule has 0 aliphatic heterocycles. The van der Waals surface area contributed by atoms with Crippen molar-refractivity contribution >= 4 is 11.9 Å². The lowest BCUT2D eigenvalue weighted by Crippen LogP contribution is -2.41. The number of carboxylic acid groups (broad SMARTS) is 1. The number of aliphatic carboxylic acids is 1. The zero-order valence-electron chi connectivity index (χ0n) is 11.8. The van der Waals surface area contributed by atoms with Crippen LogP contribution in [0.1, 0.15) is 16.8 Å². The van der Waals surface area contributed by atoms with Crippen LogP contribution in [0.2, 0.25) is 0 Å². The number of hydrogen-bond acceptors (Lipinski definition) is 6. The van der Waals surface area contributed by atoms with Gasteiger partial charge in [-0.25, -0.2) is 9.48 Å². The second-order valence-electron chi connectivity index (χ2n) is 4.45. The van der Waals surface area contributed by atoms with Crippen molar-refractivity contribution in [1.29, 1.82) is 0 Å². The fourth-order valence-corrected chi connectivity index (χ4v) is 1.80. The highest BCUT2D eigenvalue weighted by Crippen LogP contribution is 2.09. The van der Waals surface area contributed by atoms with Crippen molar-refractivity contribution in [3.05, 3.63) is 36.2 Å². The molecule has 0 spiro atoms. The third kappa shape index (κ3) is 3.85. The molecule has 0 aliphatic carbocycles. The summed E-state index contributed by atoms with van der Waals surface area (Å²) in [5.74, 6) is -1.60. The van der Waals surface area contributed by atoms with Crippen molar-refractivity contribution in [2.75, 3.05) is 13.7 Å². The lowest BCUT2D eigenvalue weighted by molar-refractivity contribution is -0.139. The summed E-state index contributed by atoms with van der Waals surface area (Å²) in [4.78, 5) is 23.3. The third-order valence-corrected chi connectivity index (χ3v) is 2.94. The second-order valence-corrected chi connectivity index (χ2v) is 4.45. The molecule has 9 heteroatoms. The van der Waals surface area contributed by atoms with Gasteiger partial charge in [-0.2, -0.15) is 0 Å². The Balaban J connectivity index is 2.12. The molecule has 1 atom stereocenters. The number of nitrogens with one attached hydrogen (secondary N) is 1. The number of ether oxygens (including phenoxy) is 1. The predicted octanol–water partition coefficient (Wildman–Crippen LogP) is -0.118. The smallest absolute Gasteiger partial charge is 0.326 e. The molecule has 22 heavy (non-hydrogen) atoms. The van der Waals surface area contributed by atoms with Gasteiger partial charge in [0.15, 0.2) is 0 Å². The molecule has 0 aliphatic rings. The fraction of sp³-hybridized carbons (Fsp3) is 0.308. The van der Waals surface area contributed by atoms with Gasteiger partial charge in [-0.05, 0) is 28.6 Å². The largest absolute Gasteiger partial charge is 0.480 e. The van der Waals surface area contributed by atoms with E-state index in [9.17, 15) is 9.59 Å². The zero-order valence-corrected chi connectivity index (χ0v) is 11.8. The van der Waals surface area contributed by atoms with Gasteiger partial charge in [0.1, 0.15) is 12.4 Å². The van der Waals surface area contributed by atoms with Crippen LogP contribution in [0, 0.1) is 0 Å².